The van der Waals surface area contributed by atoms with E-state index < -0.39 is 39.9 Å². The second-order valence-corrected chi connectivity index (χ2v) is 2.57. The molecule has 0 aliphatic rings. The number of hydrogen-bond acceptors (Lipinski definition) is 12. The maximum absolute atomic E-state index is 8.48. The van der Waals surface area contributed by atoms with E-state index in [9.17, 15) is 0 Å². The van der Waals surface area contributed by atoms with Crippen molar-refractivity contribution >= 4 is 176 Å². The van der Waals surface area contributed by atoms with Gasteiger partial charge >= 0.3 is 136 Å². The average molecular weight is 1350 g/mol. The molecule has 0 rings (SSSR count). The van der Waals surface area contributed by atoms with Gasteiger partial charge in [-0.15, -0.1) is 22.7 Å². The Morgan fingerprint density at radius 3 is 0.476 bits per heavy atom. The summed E-state index contributed by atoms with van der Waals surface area (Å²) in [7, 11) is -6.74. The van der Waals surface area contributed by atoms with Gasteiger partial charge in [-0.1, -0.05) is 0 Å². The molecule has 0 fully saturated rings. The van der Waals surface area contributed by atoms with Crippen molar-refractivity contribution in [2.24, 2.45) is 0 Å². The summed E-state index contributed by atoms with van der Waals surface area (Å²) >= 11 is -6.22. The molecule has 0 atom stereocenters. The Morgan fingerprint density at radius 2 is 0.476 bits per heavy atom. The molecule has 12 nitrogen and oxygen atoms in total. The molecule has 0 spiro atoms. The van der Waals surface area contributed by atoms with Gasteiger partial charge in [-0.25, -0.2) is 0 Å². The van der Waals surface area contributed by atoms with Gasteiger partial charge in [0.15, 0.2) is 0 Å². The summed E-state index contributed by atoms with van der Waals surface area (Å²) in [6.07, 6.45) is 0. The smallest absolute Gasteiger partial charge is 0.854 e. The van der Waals surface area contributed by atoms with Crippen molar-refractivity contribution < 1.29 is 56.0 Å². The summed E-state index contributed by atoms with van der Waals surface area (Å²) < 4.78 is 50.7. The first-order valence-electron chi connectivity index (χ1n) is 2.10. The van der Waals surface area contributed by atoms with E-state index in [2.05, 4.69) is 0 Å². The summed E-state index contributed by atoms with van der Waals surface area (Å²) in [6, 6.07) is 0. The Labute approximate surface area is 228 Å². The molecular weight excluding hydrogens is 1350 g/mol. The molecule has 0 heterocycles. The fraction of sp³-hybridized carbons (Fsp3) is 0. The average Bonchev–Trinajstić information content (AvgIpc) is 1.76. The third-order valence-corrected chi connectivity index (χ3v) is 0. The number of hydrogen-bond donors (Lipinski definition) is 0. The Hall–Kier alpha value is 5.37. The van der Waals surface area contributed by atoms with Crippen LogP contribution in [-0.4, -0.2) is 163 Å². The predicted octanol–water partition coefficient (Wildman–Crippen LogP) is -9.32. The molecule has 21 heavy (non-hydrogen) atoms. The molecule has 0 unspecified atom stereocenters. The van der Waals surface area contributed by atoms with E-state index in [-0.39, 0.29) is 136 Å². The van der Waals surface area contributed by atoms with Crippen LogP contribution in [0.3, 0.4) is 0 Å². The second-order valence-electron chi connectivity index (χ2n) is 0.855. The first kappa shape index (κ1) is 56.3. The SMILES string of the molecule is O=S([O-])[O-].O=S([O-])[O-].[O-]P([O-])[O-].[O-]P([O-])[O-].[Pb+2].[Pb+2].[Pb+2].[Pb+2].[Pb+2]. The fourth-order valence-corrected chi connectivity index (χ4v) is 0. The van der Waals surface area contributed by atoms with E-state index in [4.69, 9.17) is 56.0 Å². The molecule has 21 heteroatoms. The van der Waals surface area contributed by atoms with Gasteiger partial charge in [0.05, 0.1) is 0 Å². The van der Waals surface area contributed by atoms with Gasteiger partial charge < -0.3 is 64.8 Å². The Balaban J connectivity index is -0.0000000121. The van der Waals surface area contributed by atoms with Crippen molar-refractivity contribution in [1.29, 1.82) is 0 Å². The van der Waals surface area contributed by atoms with Gasteiger partial charge in [0.25, 0.3) is 0 Å². The van der Waals surface area contributed by atoms with E-state index in [0.29, 0.717) is 0 Å². The minimum Gasteiger partial charge on any atom is -0.854 e. The summed E-state index contributed by atoms with van der Waals surface area (Å²) in [4.78, 5) is 50.9. The van der Waals surface area contributed by atoms with Crippen LogP contribution in [0.4, 0.5) is 0 Å². The van der Waals surface area contributed by atoms with Crippen molar-refractivity contribution in [3.8, 4) is 0 Å². The van der Waals surface area contributed by atoms with Gasteiger partial charge in [0, 0.05) is 0 Å². The molecule has 114 valence electrons. The largest absolute Gasteiger partial charge is 2.00 e. The third-order valence-electron chi connectivity index (χ3n) is 0. The van der Waals surface area contributed by atoms with Crippen molar-refractivity contribution in [1.82, 2.24) is 0 Å². The van der Waals surface area contributed by atoms with Gasteiger partial charge in [-0.3, -0.25) is 8.42 Å². The molecule has 0 bridgehead atoms. The normalized spacial score (nSPS) is 6.76. The van der Waals surface area contributed by atoms with E-state index >= 15 is 0 Å². The molecule has 0 saturated heterocycles. The fourth-order valence-electron chi connectivity index (χ4n) is 0. The topological polar surface area (TPSA) is 265 Å². The van der Waals surface area contributed by atoms with Crippen molar-refractivity contribution in [3.05, 3.63) is 0 Å². The van der Waals surface area contributed by atoms with Crippen LogP contribution in [-0.2, 0) is 22.7 Å². The molecule has 10 radical (unpaired) electrons. The Morgan fingerprint density at radius 1 is 0.476 bits per heavy atom. The van der Waals surface area contributed by atoms with Crippen LogP contribution in [0.15, 0.2) is 0 Å². The quantitative estimate of drug-likeness (QED) is 0.124. The Kier molecular flexibility index (Phi) is 134. The van der Waals surface area contributed by atoms with E-state index in [1.54, 1.807) is 0 Å². The maximum atomic E-state index is 8.48. The Bertz CT molecular complexity index is 140. The first-order valence-corrected chi connectivity index (χ1v) is 6.29. The van der Waals surface area contributed by atoms with Gasteiger partial charge in [-0.05, 0) is 0 Å². The molecule has 0 aliphatic heterocycles. The van der Waals surface area contributed by atoms with Crippen LogP contribution in [0.2, 0.25) is 0 Å². The summed E-state index contributed by atoms with van der Waals surface area (Å²) in [5.74, 6) is 0. The van der Waals surface area contributed by atoms with E-state index in [1.807, 2.05) is 0 Å². The molecule has 0 aromatic rings. The molecule has 0 aromatic carbocycles. The van der Waals surface area contributed by atoms with Crippen LogP contribution >= 0.6 is 17.2 Å². The van der Waals surface area contributed by atoms with Crippen LogP contribution in [0.1, 0.15) is 0 Å². The van der Waals surface area contributed by atoms with Gasteiger partial charge in [0.1, 0.15) is 0 Å². The van der Waals surface area contributed by atoms with Crippen LogP contribution in [0, 0.1) is 0 Å². The van der Waals surface area contributed by atoms with Crippen molar-refractivity contribution in [2.45, 2.75) is 0 Å². The van der Waals surface area contributed by atoms with Crippen LogP contribution in [0.5, 0.6) is 0 Å². The standard InChI is InChI=1S/2O3P.2H2O3S.5Pb/c4*1-4(2)3;;;;;/h;;2*(H2,1,2,3);;;;;/q2*-3;;;5*+2/p-4. The van der Waals surface area contributed by atoms with Crippen molar-refractivity contribution in [2.75, 3.05) is 0 Å². The number of rotatable bonds is 0. The monoisotopic (exact) mass is 1360 g/mol. The molecule has 0 aliphatic carbocycles. The van der Waals surface area contributed by atoms with Crippen LogP contribution < -0.4 is 29.4 Å². The van der Waals surface area contributed by atoms with E-state index in [1.165, 1.54) is 0 Å². The molecule has 0 aromatic heterocycles. The third kappa shape index (κ3) is 480. The summed E-state index contributed by atoms with van der Waals surface area (Å²) in [6.45, 7) is 0. The van der Waals surface area contributed by atoms with Crippen molar-refractivity contribution in [3.63, 3.8) is 0 Å². The van der Waals surface area contributed by atoms with Gasteiger partial charge in [0.2, 0.25) is 0 Å². The van der Waals surface area contributed by atoms with Crippen LogP contribution in [0.25, 0.3) is 0 Å². The minimum atomic E-state index is -3.37. The second kappa shape index (κ2) is 49.9. The molecule has 0 amide bonds. The summed E-state index contributed by atoms with van der Waals surface area (Å²) in [5.41, 5.74) is 0. The zero-order chi connectivity index (χ0) is 14.3. The minimum absolute atomic E-state index is 0. The zero-order valence-electron chi connectivity index (χ0n) is 9.11. The van der Waals surface area contributed by atoms with Gasteiger partial charge in [-0.2, -0.15) is 0 Å². The zero-order valence-corrected chi connectivity index (χ0v) is 32.0. The first-order chi connectivity index (χ1) is 6.93. The summed E-state index contributed by atoms with van der Waals surface area (Å²) in [5, 5.41) is 0. The molecule has 0 N–H and O–H groups in total. The molecular formula is O12P2Pb5S2. The predicted molar refractivity (Wildman–Crippen MR) is 62.0 cm³/mol. The van der Waals surface area contributed by atoms with E-state index in [0.717, 1.165) is 0 Å². The molecule has 0 saturated carbocycles. The maximum Gasteiger partial charge on any atom is 2.00 e.